The molecule has 0 saturated heterocycles. The molecule has 0 aromatic heterocycles. The molecule has 2 aromatic carbocycles. The molecule has 31 heavy (non-hydrogen) atoms. The maximum Gasteiger partial charge on any atom is 0.365 e. The number of carbonyl (C=O) groups is 2. The molecule has 0 heterocycles. The van der Waals surface area contributed by atoms with Crippen molar-refractivity contribution in [3.05, 3.63) is 54.1 Å². The lowest BCUT2D eigenvalue weighted by Gasteiger charge is -2.22. The average molecular weight is 446 g/mol. The molecule has 0 N–H and O–H groups in total. The Morgan fingerprint density at radius 2 is 1.45 bits per heavy atom. The number of hydrogen-bond donors (Lipinski definition) is 0. The Morgan fingerprint density at radius 1 is 0.903 bits per heavy atom. The number of carbonyl (C=O) groups excluding carboxylic acids is 2. The lowest BCUT2D eigenvalue weighted by molar-refractivity contribution is -0.131. The van der Waals surface area contributed by atoms with Crippen LogP contribution in [0.1, 0.15) is 33.3 Å². The fraction of sp³-hybridized carbons (Fsp3) is 0.304. The van der Waals surface area contributed by atoms with Crippen LogP contribution in [0.4, 0.5) is 0 Å². The molecule has 0 spiro atoms. The van der Waals surface area contributed by atoms with E-state index in [2.05, 4.69) is 13.2 Å². The smallest absolute Gasteiger partial charge is 0.365 e. The maximum atomic E-state index is 13.7. The summed E-state index contributed by atoms with van der Waals surface area (Å²) in [5, 5.41) is 0.871. The Balaban J connectivity index is 2.93. The first-order valence-electron chi connectivity index (χ1n) is 9.76. The van der Waals surface area contributed by atoms with Crippen LogP contribution in [-0.2, 0) is 23.2 Å². The van der Waals surface area contributed by atoms with E-state index in [0.29, 0.717) is 10.8 Å². The van der Waals surface area contributed by atoms with E-state index in [1.54, 1.807) is 32.0 Å². The van der Waals surface area contributed by atoms with Crippen LogP contribution in [0.5, 0.6) is 11.5 Å². The number of benzene rings is 2. The predicted molar refractivity (Wildman–Crippen MR) is 120 cm³/mol. The molecule has 0 radical (unpaired) electrons. The third-order valence-electron chi connectivity index (χ3n) is 4.17. The topological polar surface area (TPSA) is 88.1 Å². The minimum Gasteiger partial charge on any atom is -0.422 e. The summed E-state index contributed by atoms with van der Waals surface area (Å²) in [6, 6.07) is 6.61. The molecule has 0 aliphatic rings. The average Bonchev–Trinajstić information content (AvgIpc) is 2.69. The first-order valence-corrected chi connectivity index (χ1v) is 11.3. The van der Waals surface area contributed by atoms with Crippen molar-refractivity contribution in [2.45, 2.75) is 34.6 Å². The number of ether oxygens (including phenoxy) is 2. The Hall–Kier alpha value is -2.73. The van der Waals surface area contributed by atoms with Gasteiger partial charge in [-0.15, -0.1) is 0 Å². The summed E-state index contributed by atoms with van der Waals surface area (Å²) in [5.74, 6) is -1.22. The van der Waals surface area contributed by atoms with Crippen molar-refractivity contribution in [3.63, 3.8) is 0 Å². The molecule has 2 rings (SSSR count). The molecular formula is C23H27O7P. The largest absolute Gasteiger partial charge is 0.422 e. The quantitative estimate of drug-likeness (QED) is 0.232. The number of rotatable bonds is 9. The van der Waals surface area contributed by atoms with E-state index in [4.69, 9.17) is 18.5 Å². The van der Waals surface area contributed by atoms with Gasteiger partial charge >= 0.3 is 19.5 Å². The van der Waals surface area contributed by atoms with Gasteiger partial charge in [-0.1, -0.05) is 30.9 Å². The molecule has 8 heteroatoms. The summed E-state index contributed by atoms with van der Waals surface area (Å²) in [5.41, 5.74) is 1.23. The normalized spacial score (nSPS) is 11.3. The summed E-state index contributed by atoms with van der Waals surface area (Å²) in [7, 11) is -3.93. The van der Waals surface area contributed by atoms with Gasteiger partial charge in [-0.2, -0.15) is 0 Å². The van der Waals surface area contributed by atoms with E-state index < -0.39 is 19.5 Å². The molecule has 0 unspecified atom stereocenters. The number of aryl methyl sites for hydroxylation is 1. The van der Waals surface area contributed by atoms with Crippen LogP contribution < -0.4 is 14.8 Å². The third kappa shape index (κ3) is 5.50. The van der Waals surface area contributed by atoms with Crippen LogP contribution in [0, 0.1) is 6.92 Å². The van der Waals surface area contributed by atoms with Crippen molar-refractivity contribution in [1.82, 2.24) is 0 Å². The van der Waals surface area contributed by atoms with Crippen molar-refractivity contribution in [2.75, 3.05) is 13.2 Å². The highest BCUT2D eigenvalue weighted by molar-refractivity contribution is 7.62. The highest BCUT2D eigenvalue weighted by Gasteiger charge is 2.34. The predicted octanol–water partition coefficient (Wildman–Crippen LogP) is 5.00. The van der Waals surface area contributed by atoms with E-state index in [0.717, 1.165) is 5.56 Å². The van der Waals surface area contributed by atoms with Crippen LogP contribution in [0.25, 0.3) is 10.8 Å². The SMILES string of the molecule is C=C(C)C(=O)Oc1cc(P(=O)(OCC)OCC)c(OC(=O)C(=C)C)c2ccc(C)cc12. The van der Waals surface area contributed by atoms with Gasteiger partial charge < -0.3 is 18.5 Å². The standard InChI is InChI=1S/C23H27O7P/c1-8-27-31(26,28-9-2)20-13-19(29-22(24)14(3)4)18-12-16(7)10-11-17(18)21(20)30-23(25)15(5)6/h10-13H,3,5,8-9H2,1-2,4,6-7H3. The summed E-state index contributed by atoms with van der Waals surface area (Å²) < 4.78 is 35.7. The van der Waals surface area contributed by atoms with E-state index in [9.17, 15) is 14.2 Å². The van der Waals surface area contributed by atoms with E-state index in [-0.39, 0.29) is 41.2 Å². The molecule has 0 saturated carbocycles. The van der Waals surface area contributed by atoms with Crippen LogP contribution in [-0.4, -0.2) is 25.2 Å². The number of fused-ring (bicyclic) bond motifs is 1. The van der Waals surface area contributed by atoms with Crippen LogP contribution in [0.3, 0.4) is 0 Å². The van der Waals surface area contributed by atoms with Gasteiger partial charge in [-0.3, -0.25) is 4.57 Å². The molecule has 0 atom stereocenters. The lowest BCUT2D eigenvalue weighted by Crippen LogP contribution is -2.20. The first kappa shape index (κ1) is 24.5. The molecule has 166 valence electrons. The van der Waals surface area contributed by atoms with Crippen LogP contribution >= 0.6 is 7.60 Å². The van der Waals surface area contributed by atoms with E-state index in [1.165, 1.54) is 19.9 Å². The summed E-state index contributed by atoms with van der Waals surface area (Å²) in [6.45, 7) is 15.6. The fourth-order valence-electron chi connectivity index (χ4n) is 2.74. The molecule has 7 nitrogen and oxygen atoms in total. The molecule has 0 fully saturated rings. The highest BCUT2D eigenvalue weighted by Crippen LogP contribution is 2.52. The zero-order valence-electron chi connectivity index (χ0n) is 18.4. The van der Waals surface area contributed by atoms with Gasteiger partial charge in [0, 0.05) is 28.0 Å². The summed E-state index contributed by atoms with van der Waals surface area (Å²) in [6.07, 6.45) is 0. The minimum atomic E-state index is -3.93. The zero-order valence-corrected chi connectivity index (χ0v) is 19.3. The maximum absolute atomic E-state index is 13.7. The van der Waals surface area contributed by atoms with Gasteiger partial charge in [-0.05, 0) is 40.7 Å². The van der Waals surface area contributed by atoms with Gasteiger partial charge in [0.1, 0.15) is 11.1 Å². The molecular weight excluding hydrogens is 419 g/mol. The highest BCUT2D eigenvalue weighted by atomic mass is 31.2. The lowest BCUT2D eigenvalue weighted by atomic mass is 10.1. The van der Waals surface area contributed by atoms with Crippen LogP contribution in [0.15, 0.2) is 48.6 Å². The Labute approximate surface area is 182 Å². The fourth-order valence-corrected chi connectivity index (χ4v) is 4.47. The second-order valence-corrected chi connectivity index (χ2v) is 8.94. The molecule has 0 bridgehead atoms. The summed E-state index contributed by atoms with van der Waals surface area (Å²) in [4.78, 5) is 24.6. The van der Waals surface area contributed by atoms with E-state index in [1.807, 2.05) is 6.92 Å². The van der Waals surface area contributed by atoms with Crippen molar-refractivity contribution >= 4 is 35.6 Å². The second kappa shape index (κ2) is 10.1. The molecule has 0 aliphatic carbocycles. The van der Waals surface area contributed by atoms with Crippen molar-refractivity contribution in [2.24, 2.45) is 0 Å². The Bertz CT molecular complexity index is 1090. The minimum absolute atomic E-state index is 0.00311. The van der Waals surface area contributed by atoms with Gasteiger partial charge in [0.05, 0.1) is 13.2 Å². The van der Waals surface area contributed by atoms with Gasteiger partial charge in [0.2, 0.25) is 0 Å². The zero-order chi connectivity index (χ0) is 23.3. The molecule has 2 aromatic rings. The second-order valence-electron chi connectivity index (χ2n) is 6.94. The van der Waals surface area contributed by atoms with Gasteiger partial charge in [0.25, 0.3) is 0 Å². The van der Waals surface area contributed by atoms with Crippen molar-refractivity contribution < 1.29 is 32.7 Å². The first-order chi connectivity index (χ1) is 14.5. The molecule has 0 aliphatic heterocycles. The van der Waals surface area contributed by atoms with Crippen molar-refractivity contribution in [1.29, 1.82) is 0 Å². The Kier molecular flexibility index (Phi) is 7.96. The Morgan fingerprint density at radius 3 is 1.97 bits per heavy atom. The number of hydrogen-bond acceptors (Lipinski definition) is 7. The van der Waals surface area contributed by atoms with Crippen molar-refractivity contribution in [3.8, 4) is 11.5 Å². The summed E-state index contributed by atoms with van der Waals surface area (Å²) >= 11 is 0. The molecule has 0 amide bonds. The third-order valence-corrected chi connectivity index (χ3v) is 6.29. The monoisotopic (exact) mass is 446 g/mol. The van der Waals surface area contributed by atoms with Gasteiger partial charge in [0.15, 0.2) is 5.75 Å². The van der Waals surface area contributed by atoms with E-state index >= 15 is 0 Å². The van der Waals surface area contributed by atoms with Gasteiger partial charge in [-0.25, -0.2) is 9.59 Å². The van der Waals surface area contributed by atoms with Crippen LogP contribution in [0.2, 0.25) is 0 Å². The number of esters is 2.